The highest BCUT2D eigenvalue weighted by molar-refractivity contribution is 5.96. The largest absolute Gasteiger partial charge is 0.339 e. The number of hydrogen-bond donors (Lipinski definition) is 2. The number of aromatic nitrogens is 2. The van der Waals surface area contributed by atoms with Gasteiger partial charge in [0.05, 0.1) is 0 Å². The average Bonchev–Trinajstić information content (AvgIpc) is 2.34. The van der Waals surface area contributed by atoms with Crippen molar-refractivity contribution in [2.24, 2.45) is 0 Å². The minimum Gasteiger partial charge on any atom is -0.339 e. The van der Waals surface area contributed by atoms with Gasteiger partial charge in [-0.2, -0.15) is 5.10 Å². The van der Waals surface area contributed by atoms with Crippen molar-refractivity contribution >= 4 is 11.8 Å². The van der Waals surface area contributed by atoms with Gasteiger partial charge in [0.15, 0.2) is 5.69 Å². The van der Waals surface area contributed by atoms with Crippen LogP contribution in [0.4, 0.5) is 0 Å². The second-order valence-electron chi connectivity index (χ2n) is 3.77. The maximum absolute atomic E-state index is 11.7. The third-order valence-corrected chi connectivity index (χ3v) is 2.46. The Morgan fingerprint density at radius 1 is 1.59 bits per heavy atom. The van der Waals surface area contributed by atoms with E-state index in [0.29, 0.717) is 18.5 Å². The molecule has 6 heteroatoms. The number of piperidine rings is 1. The van der Waals surface area contributed by atoms with E-state index < -0.39 is 11.9 Å². The van der Waals surface area contributed by atoms with Crippen LogP contribution in [-0.2, 0) is 4.79 Å². The minimum atomic E-state index is -0.532. The summed E-state index contributed by atoms with van der Waals surface area (Å²) in [4.78, 5) is 23.3. The zero-order valence-corrected chi connectivity index (χ0v) is 9.14. The maximum atomic E-state index is 11.7. The molecular formula is C11H12N4O2. The lowest BCUT2D eigenvalue weighted by molar-refractivity contribution is -0.123. The standard InChI is InChI=1S/C11H12N4O2/c1-7-4-5-8(10(16)13-7)14-11(17)9-3-2-6-12-15-9/h2-3,6,8H,1,4-5H2,(H,13,16)(H,14,17). The van der Waals surface area contributed by atoms with Gasteiger partial charge in [-0.25, -0.2) is 0 Å². The Balaban J connectivity index is 2.00. The summed E-state index contributed by atoms with van der Waals surface area (Å²) in [5.41, 5.74) is 0.879. The normalized spacial score (nSPS) is 19.6. The second-order valence-corrected chi connectivity index (χ2v) is 3.77. The lowest BCUT2D eigenvalue weighted by Crippen LogP contribution is -2.49. The van der Waals surface area contributed by atoms with Crippen LogP contribution in [0.1, 0.15) is 23.3 Å². The summed E-state index contributed by atoms with van der Waals surface area (Å²) in [5.74, 6) is -0.635. The molecule has 1 aliphatic rings. The fourth-order valence-electron chi connectivity index (χ4n) is 1.57. The molecule has 1 aliphatic heterocycles. The molecule has 2 N–H and O–H groups in total. The molecule has 0 bridgehead atoms. The number of carbonyl (C=O) groups is 2. The third-order valence-electron chi connectivity index (χ3n) is 2.46. The zero-order valence-electron chi connectivity index (χ0n) is 9.14. The quantitative estimate of drug-likeness (QED) is 0.751. The van der Waals surface area contributed by atoms with Gasteiger partial charge in [-0.3, -0.25) is 9.59 Å². The maximum Gasteiger partial charge on any atom is 0.272 e. The van der Waals surface area contributed by atoms with E-state index in [4.69, 9.17) is 0 Å². The number of allylic oxidation sites excluding steroid dienone is 1. The highest BCUT2D eigenvalue weighted by Gasteiger charge is 2.25. The summed E-state index contributed by atoms with van der Waals surface area (Å²) in [7, 11) is 0. The first-order chi connectivity index (χ1) is 8.16. The highest BCUT2D eigenvalue weighted by Crippen LogP contribution is 2.10. The summed E-state index contributed by atoms with van der Waals surface area (Å²) in [6.45, 7) is 3.67. The molecule has 0 spiro atoms. The molecule has 1 unspecified atom stereocenters. The Labute approximate surface area is 98.1 Å². The van der Waals surface area contributed by atoms with Gasteiger partial charge < -0.3 is 10.6 Å². The fourth-order valence-corrected chi connectivity index (χ4v) is 1.57. The lowest BCUT2D eigenvalue weighted by Gasteiger charge is -2.23. The van der Waals surface area contributed by atoms with Gasteiger partial charge >= 0.3 is 0 Å². The zero-order chi connectivity index (χ0) is 12.3. The second kappa shape index (κ2) is 4.73. The number of carbonyl (C=O) groups excluding carboxylic acids is 2. The van der Waals surface area contributed by atoms with Crippen LogP contribution < -0.4 is 10.6 Å². The van der Waals surface area contributed by atoms with Crippen molar-refractivity contribution in [3.63, 3.8) is 0 Å². The fraction of sp³-hybridized carbons (Fsp3) is 0.273. The van der Waals surface area contributed by atoms with Gasteiger partial charge in [0.2, 0.25) is 5.91 Å². The molecule has 2 heterocycles. The van der Waals surface area contributed by atoms with Gasteiger partial charge in [0, 0.05) is 11.9 Å². The van der Waals surface area contributed by atoms with Gasteiger partial charge in [0.25, 0.3) is 5.91 Å². The Kier molecular flexibility index (Phi) is 3.13. The molecule has 6 nitrogen and oxygen atoms in total. The molecule has 2 amide bonds. The summed E-state index contributed by atoms with van der Waals surface area (Å²) >= 11 is 0. The number of amides is 2. The molecule has 1 saturated heterocycles. The number of rotatable bonds is 2. The number of nitrogens with zero attached hydrogens (tertiary/aromatic N) is 2. The molecule has 2 rings (SSSR count). The Morgan fingerprint density at radius 3 is 3.06 bits per heavy atom. The molecule has 17 heavy (non-hydrogen) atoms. The smallest absolute Gasteiger partial charge is 0.272 e. The predicted octanol–water partition coefficient (Wildman–Crippen LogP) is -0.00130. The first kappa shape index (κ1) is 11.3. The van der Waals surface area contributed by atoms with Crippen LogP contribution in [0.25, 0.3) is 0 Å². The highest BCUT2D eigenvalue weighted by atomic mass is 16.2. The van der Waals surface area contributed by atoms with Crippen molar-refractivity contribution in [2.75, 3.05) is 0 Å². The van der Waals surface area contributed by atoms with Crippen LogP contribution >= 0.6 is 0 Å². The molecule has 1 atom stereocenters. The topological polar surface area (TPSA) is 84.0 Å². The van der Waals surface area contributed by atoms with E-state index in [-0.39, 0.29) is 11.6 Å². The van der Waals surface area contributed by atoms with E-state index in [2.05, 4.69) is 27.4 Å². The van der Waals surface area contributed by atoms with Crippen LogP contribution in [0.3, 0.4) is 0 Å². The third kappa shape index (κ3) is 2.66. The van der Waals surface area contributed by atoms with Crippen molar-refractivity contribution < 1.29 is 9.59 Å². The molecule has 0 aromatic carbocycles. The molecular weight excluding hydrogens is 220 g/mol. The molecule has 0 radical (unpaired) electrons. The van der Waals surface area contributed by atoms with Gasteiger partial charge in [-0.05, 0) is 25.0 Å². The molecule has 0 aliphatic carbocycles. The van der Waals surface area contributed by atoms with Crippen LogP contribution in [0.15, 0.2) is 30.6 Å². The van der Waals surface area contributed by atoms with Crippen LogP contribution in [0, 0.1) is 0 Å². The Bertz CT molecular complexity index is 458. The molecule has 0 saturated carbocycles. The molecule has 1 aromatic heterocycles. The van der Waals surface area contributed by atoms with E-state index in [1.165, 1.54) is 6.20 Å². The summed E-state index contributed by atoms with van der Waals surface area (Å²) in [6, 6.07) is 2.63. The number of hydrogen-bond acceptors (Lipinski definition) is 4. The Hall–Kier alpha value is -2.24. The van der Waals surface area contributed by atoms with Gasteiger partial charge in [-0.15, -0.1) is 5.10 Å². The first-order valence-corrected chi connectivity index (χ1v) is 5.24. The van der Waals surface area contributed by atoms with Crippen molar-refractivity contribution in [1.29, 1.82) is 0 Å². The predicted molar refractivity (Wildman–Crippen MR) is 59.8 cm³/mol. The first-order valence-electron chi connectivity index (χ1n) is 5.24. The van der Waals surface area contributed by atoms with Crippen LogP contribution in [0.5, 0.6) is 0 Å². The molecule has 88 valence electrons. The molecule has 1 fully saturated rings. The molecule has 1 aromatic rings. The van der Waals surface area contributed by atoms with E-state index in [0.717, 1.165) is 0 Å². The lowest BCUT2D eigenvalue weighted by atomic mass is 10.0. The van der Waals surface area contributed by atoms with E-state index >= 15 is 0 Å². The van der Waals surface area contributed by atoms with Crippen LogP contribution in [-0.4, -0.2) is 28.1 Å². The summed E-state index contributed by atoms with van der Waals surface area (Å²) < 4.78 is 0. The minimum absolute atomic E-state index is 0.199. The van der Waals surface area contributed by atoms with Crippen molar-refractivity contribution in [2.45, 2.75) is 18.9 Å². The SMILES string of the molecule is C=C1CCC(NC(=O)c2cccnn2)C(=O)N1. The van der Waals surface area contributed by atoms with Crippen LogP contribution in [0.2, 0.25) is 0 Å². The number of nitrogens with one attached hydrogen (secondary N) is 2. The average molecular weight is 232 g/mol. The van der Waals surface area contributed by atoms with E-state index in [1.54, 1.807) is 12.1 Å². The summed E-state index contributed by atoms with van der Waals surface area (Å²) in [6.07, 6.45) is 2.70. The van der Waals surface area contributed by atoms with Crippen molar-refractivity contribution in [1.82, 2.24) is 20.8 Å². The Morgan fingerprint density at radius 2 is 2.41 bits per heavy atom. The van der Waals surface area contributed by atoms with Gasteiger partial charge in [0.1, 0.15) is 6.04 Å². The van der Waals surface area contributed by atoms with Crippen molar-refractivity contribution in [3.8, 4) is 0 Å². The van der Waals surface area contributed by atoms with E-state index in [1.807, 2.05) is 0 Å². The van der Waals surface area contributed by atoms with E-state index in [9.17, 15) is 9.59 Å². The van der Waals surface area contributed by atoms with Crippen molar-refractivity contribution in [3.05, 3.63) is 36.3 Å². The monoisotopic (exact) mass is 232 g/mol. The summed E-state index contributed by atoms with van der Waals surface area (Å²) in [5, 5.41) is 12.5. The van der Waals surface area contributed by atoms with Gasteiger partial charge in [-0.1, -0.05) is 6.58 Å².